The predicted molar refractivity (Wildman–Crippen MR) is 141 cm³/mol. The number of anilines is 1. The van der Waals surface area contributed by atoms with Crippen molar-refractivity contribution >= 4 is 49.6 Å². The second-order valence-corrected chi connectivity index (χ2v) is 8.64. The molecule has 0 radical (unpaired) electrons. The number of pyridine rings is 1. The van der Waals surface area contributed by atoms with Gasteiger partial charge < -0.3 is 20.7 Å². The molecule has 0 aliphatic heterocycles. The van der Waals surface area contributed by atoms with E-state index in [-0.39, 0.29) is 0 Å². The molecule has 2 heterocycles. The molecule has 0 aliphatic carbocycles. The summed E-state index contributed by atoms with van der Waals surface area (Å²) in [6.07, 6.45) is 2.02. The van der Waals surface area contributed by atoms with E-state index in [0.29, 0.717) is 0 Å². The highest BCUT2D eigenvalue weighted by atomic mass is 16.5. The minimum atomic E-state index is 0.727. The number of para-hydroxylation sites is 1. The van der Waals surface area contributed by atoms with Crippen LogP contribution in [0.25, 0.3) is 43.7 Å². The van der Waals surface area contributed by atoms with Crippen LogP contribution in [0, 0.1) is 0 Å². The zero-order chi connectivity index (χ0) is 23.5. The van der Waals surface area contributed by atoms with Gasteiger partial charge in [0.15, 0.2) is 5.82 Å². The van der Waals surface area contributed by atoms with Gasteiger partial charge in [0, 0.05) is 17.3 Å². The Hall–Kier alpha value is -3.55. The van der Waals surface area contributed by atoms with Gasteiger partial charge >= 0.3 is 0 Å². The maximum absolute atomic E-state index is 5.62. The summed E-state index contributed by atoms with van der Waals surface area (Å²) in [6, 6.07) is 18.3. The van der Waals surface area contributed by atoms with Gasteiger partial charge in [-0.1, -0.05) is 24.3 Å². The lowest BCUT2D eigenvalue weighted by atomic mass is 10.1. The number of nitrogens with zero attached hydrogens (tertiary/aromatic N) is 4. The van der Waals surface area contributed by atoms with Gasteiger partial charge in [-0.15, -0.1) is 0 Å². The predicted octanol–water partition coefficient (Wildman–Crippen LogP) is 4.58. The Balaban J connectivity index is 1.56. The van der Waals surface area contributed by atoms with Crippen molar-refractivity contribution < 1.29 is 4.74 Å². The fourth-order valence-corrected chi connectivity index (χ4v) is 4.40. The molecule has 0 bridgehead atoms. The van der Waals surface area contributed by atoms with Crippen LogP contribution in [0.1, 0.15) is 12.8 Å². The van der Waals surface area contributed by atoms with Gasteiger partial charge in [0.25, 0.3) is 0 Å². The molecule has 7 heteroatoms. The van der Waals surface area contributed by atoms with Crippen LogP contribution in [0.15, 0.2) is 54.6 Å². The molecule has 0 fully saturated rings. The zero-order valence-electron chi connectivity index (χ0n) is 19.7. The maximum Gasteiger partial charge on any atom is 0.154 e. The first-order valence-electron chi connectivity index (χ1n) is 11.8. The highest BCUT2D eigenvalue weighted by Gasteiger charge is 2.14. The Kier molecular flexibility index (Phi) is 6.38. The first-order valence-corrected chi connectivity index (χ1v) is 11.8. The molecule has 5 rings (SSSR count). The van der Waals surface area contributed by atoms with Crippen molar-refractivity contribution in [3.05, 3.63) is 54.6 Å². The Bertz CT molecular complexity index is 1470. The number of hydrogen-bond donors (Lipinski definition) is 2. The number of rotatable bonds is 9. The summed E-state index contributed by atoms with van der Waals surface area (Å²) >= 11 is 0. The molecule has 0 saturated heterocycles. The summed E-state index contributed by atoms with van der Waals surface area (Å²) in [4.78, 5) is 17.4. The molecule has 0 aliphatic rings. The minimum Gasteiger partial charge on any atom is -0.497 e. The smallest absolute Gasteiger partial charge is 0.154 e. The highest BCUT2D eigenvalue weighted by molar-refractivity contribution is 6.12. The standard InChI is InChI=1S/C27H30N6O/c1-33(15-5-13-28)16-6-14-29-27-26-25(21-7-3-4-8-22(21)31-27)32-24-20-11-10-19(34-2)17-18(20)9-12-23(24)30-26/h3-4,7-12,17H,5-6,13-16,28H2,1-2H3,(H,29,31). The third-order valence-electron chi connectivity index (χ3n) is 6.23. The molecule has 34 heavy (non-hydrogen) atoms. The number of aromatic nitrogens is 3. The molecule has 7 nitrogen and oxygen atoms in total. The number of hydrogen-bond acceptors (Lipinski definition) is 7. The molecule has 174 valence electrons. The van der Waals surface area contributed by atoms with Crippen LogP contribution in [0.2, 0.25) is 0 Å². The lowest BCUT2D eigenvalue weighted by molar-refractivity contribution is 0.330. The third kappa shape index (κ3) is 4.32. The maximum atomic E-state index is 5.62. The summed E-state index contributed by atoms with van der Waals surface area (Å²) in [5.41, 5.74) is 9.94. The summed E-state index contributed by atoms with van der Waals surface area (Å²) in [6.45, 7) is 3.56. The molecular weight excluding hydrogens is 424 g/mol. The molecule has 0 saturated carbocycles. The van der Waals surface area contributed by atoms with Crippen molar-refractivity contribution in [1.29, 1.82) is 0 Å². The van der Waals surface area contributed by atoms with Gasteiger partial charge in [-0.25, -0.2) is 15.0 Å². The Morgan fingerprint density at radius 3 is 2.56 bits per heavy atom. The van der Waals surface area contributed by atoms with E-state index >= 15 is 0 Å². The van der Waals surface area contributed by atoms with Crippen LogP contribution < -0.4 is 15.8 Å². The Morgan fingerprint density at radius 2 is 1.71 bits per heavy atom. The van der Waals surface area contributed by atoms with Crippen LogP contribution in [-0.4, -0.2) is 60.2 Å². The quantitative estimate of drug-likeness (QED) is 0.191. The largest absolute Gasteiger partial charge is 0.497 e. The van der Waals surface area contributed by atoms with Gasteiger partial charge in [-0.3, -0.25) is 0 Å². The van der Waals surface area contributed by atoms with E-state index in [1.165, 1.54) is 0 Å². The topological polar surface area (TPSA) is 89.2 Å². The van der Waals surface area contributed by atoms with E-state index in [2.05, 4.69) is 35.5 Å². The van der Waals surface area contributed by atoms with Crippen LogP contribution in [0.4, 0.5) is 5.82 Å². The monoisotopic (exact) mass is 454 g/mol. The fourth-order valence-electron chi connectivity index (χ4n) is 4.40. The summed E-state index contributed by atoms with van der Waals surface area (Å²) in [5, 5.41) is 6.67. The highest BCUT2D eigenvalue weighted by Crippen LogP contribution is 2.32. The Morgan fingerprint density at radius 1 is 0.853 bits per heavy atom. The first kappa shape index (κ1) is 22.3. The Labute approximate surface area is 198 Å². The zero-order valence-corrected chi connectivity index (χ0v) is 19.7. The summed E-state index contributed by atoms with van der Waals surface area (Å²) in [7, 11) is 3.82. The molecule has 0 unspecified atom stereocenters. The SMILES string of the molecule is COc1ccc2c(ccc3nc4c(NCCCN(C)CCCN)nc5ccccc5c4nc32)c1. The molecule has 0 spiro atoms. The molecule has 5 aromatic rings. The fraction of sp³-hybridized carbons (Fsp3) is 0.296. The minimum absolute atomic E-state index is 0.727. The number of ether oxygens (including phenoxy) is 1. The molecular formula is C27H30N6O. The molecule has 0 atom stereocenters. The van der Waals surface area contributed by atoms with Crippen molar-refractivity contribution in [2.75, 3.05) is 45.7 Å². The van der Waals surface area contributed by atoms with Crippen molar-refractivity contribution in [2.24, 2.45) is 5.73 Å². The summed E-state index contributed by atoms with van der Waals surface area (Å²) in [5.74, 6) is 1.61. The van der Waals surface area contributed by atoms with Crippen LogP contribution >= 0.6 is 0 Å². The molecule has 2 aromatic heterocycles. The number of nitrogens with one attached hydrogen (secondary N) is 1. The molecule has 0 amide bonds. The van der Waals surface area contributed by atoms with Crippen molar-refractivity contribution in [1.82, 2.24) is 19.9 Å². The van der Waals surface area contributed by atoms with Crippen molar-refractivity contribution in [3.63, 3.8) is 0 Å². The molecule has 3 N–H and O–H groups in total. The van der Waals surface area contributed by atoms with Gasteiger partial charge in [0.1, 0.15) is 16.8 Å². The second kappa shape index (κ2) is 9.75. The van der Waals surface area contributed by atoms with Gasteiger partial charge in [0.2, 0.25) is 0 Å². The van der Waals surface area contributed by atoms with Crippen LogP contribution in [0.5, 0.6) is 5.75 Å². The number of benzene rings is 3. The van der Waals surface area contributed by atoms with E-state index in [0.717, 1.165) is 94.3 Å². The lowest BCUT2D eigenvalue weighted by Crippen LogP contribution is -2.24. The van der Waals surface area contributed by atoms with E-state index in [4.69, 9.17) is 25.4 Å². The summed E-state index contributed by atoms with van der Waals surface area (Å²) < 4.78 is 5.40. The molecule has 3 aromatic carbocycles. The number of nitrogens with two attached hydrogens (primary N) is 1. The van der Waals surface area contributed by atoms with Gasteiger partial charge in [0.05, 0.1) is 23.7 Å². The van der Waals surface area contributed by atoms with Gasteiger partial charge in [-0.2, -0.15) is 0 Å². The van der Waals surface area contributed by atoms with Crippen LogP contribution in [-0.2, 0) is 0 Å². The normalized spacial score (nSPS) is 11.8. The third-order valence-corrected chi connectivity index (χ3v) is 6.23. The average Bonchev–Trinajstić information content (AvgIpc) is 2.88. The van der Waals surface area contributed by atoms with Gasteiger partial charge in [-0.05, 0) is 75.2 Å². The average molecular weight is 455 g/mol. The van der Waals surface area contributed by atoms with Crippen LogP contribution in [0.3, 0.4) is 0 Å². The number of fused-ring (bicyclic) bond motifs is 6. The van der Waals surface area contributed by atoms with E-state index in [1.807, 2.05) is 36.4 Å². The first-order chi connectivity index (χ1) is 16.7. The second-order valence-electron chi connectivity index (χ2n) is 8.64. The van der Waals surface area contributed by atoms with E-state index in [9.17, 15) is 0 Å². The lowest BCUT2D eigenvalue weighted by Gasteiger charge is -2.16. The number of methoxy groups -OCH3 is 1. The van der Waals surface area contributed by atoms with Crippen molar-refractivity contribution in [3.8, 4) is 5.75 Å². The van der Waals surface area contributed by atoms with Crippen molar-refractivity contribution in [2.45, 2.75) is 12.8 Å². The van der Waals surface area contributed by atoms with E-state index in [1.54, 1.807) is 7.11 Å². The van der Waals surface area contributed by atoms with E-state index < -0.39 is 0 Å².